The lowest BCUT2D eigenvalue weighted by Gasteiger charge is -2.28. The van der Waals surface area contributed by atoms with Gasteiger partial charge < -0.3 is 15.1 Å². The van der Waals surface area contributed by atoms with E-state index >= 15 is 0 Å². The Hall–Kier alpha value is -1.55. The molecule has 0 aliphatic carbocycles. The molecule has 1 atom stereocenters. The van der Waals surface area contributed by atoms with Crippen LogP contribution in [-0.2, 0) is 11.3 Å². The summed E-state index contributed by atoms with van der Waals surface area (Å²) in [7, 11) is 0. The minimum Gasteiger partial charge on any atom is -0.360 e. The van der Waals surface area contributed by atoms with E-state index in [1.54, 1.807) is 0 Å². The van der Waals surface area contributed by atoms with Gasteiger partial charge in [0, 0.05) is 37.9 Å². The summed E-state index contributed by atoms with van der Waals surface area (Å²) in [5.41, 5.74) is 2.45. The molecule has 4 nitrogen and oxygen atoms in total. The number of para-hydroxylation sites is 1. The summed E-state index contributed by atoms with van der Waals surface area (Å²) in [6.07, 6.45) is 0. The lowest BCUT2D eigenvalue weighted by Crippen LogP contribution is -2.43. The Kier molecular flexibility index (Phi) is 5.01. The fraction of sp³-hybridized carbons (Fsp3) is 0.562. The van der Waals surface area contributed by atoms with Crippen molar-refractivity contribution in [3.8, 4) is 0 Å². The fourth-order valence-corrected chi connectivity index (χ4v) is 2.74. The van der Waals surface area contributed by atoms with Crippen LogP contribution >= 0.6 is 0 Å². The number of benzene rings is 1. The van der Waals surface area contributed by atoms with Gasteiger partial charge in [0.1, 0.15) is 0 Å². The highest BCUT2D eigenvalue weighted by atomic mass is 16.2. The van der Waals surface area contributed by atoms with Gasteiger partial charge in [-0.1, -0.05) is 18.2 Å². The fourth-order valence-electron chi connectivity index (χ4n) is 2.74. The number of rotatable bonds is 4. The smallest absolute Gasteiger partial charge is 0.242 e. The Bertz CT molecular complexity index is 457. The number of carbonyl (C=O) groups excluding carboxylic acids is 1. The molecule has 0 saturated heterocycles. The van der Waals surface area contributed by atoms with Crippen LogP contribution in [0, 0.1) is 0 Å². The third-order valence-corrected chi connectivity index (χ3v) is 3.91. The molecule has 20 heavy (non-hydrogen) atoms. The molecule has 1 N–H and O–H groups in total. The molecule has 0 radical (unpaired) electrons. The van der Waals surface area contributed by atoms with Crippen molar-refractivity contribution in [2.75, 3.05) is 31.1 Å². The van der Waals surface area contributed by atoms with Crippen molar-refractivity contribution < 1.29 is 4.79 Å². The van der Waals surface area contributed by atoms with Crippen molar-refractivity contribution in [1.29, 1.82) is 0 Å². The van der Waals surface area contributed by atoms with Crippen molar-refractivity contribution in [2.45, 2.75) is 33.4 Å². The molecular weight excluding hydrogens is 250 g/mol. The van der Waals surface area contributed by atoms with Gasteiger partial charge in [0.2, 0.25) is 5.91 Å². The molecule has 0 aromatic heterocycles. The van der Waals surface area contributed by atoms with Gasteiger partial charge in [-0.3, -0.25) is 4.79 Å². The highest BCUT2D eigenvalue weighted by Gasteiger charge is 2.22. The second-order valence-corrected chi connectivity index (χ2v) is 5.36. The number of nitrogens with zero attached hydrogens (tertiary/aromatic N) is 2. The number of fused-ring (bicyclic) bond motifs is 1. The van der Waals surface area contributed by atoms with Gasteiger partial charge in [0.25, 0.3) is 0 Å². The Morgan fingerprint density at radius 1 is 1.35 bits per heavy atom. The second kappa shape index (κ2) is 6.75. The molecule has 1 heterocycles. The van der Waals surface area contributed by atoms with Crippen LogP contribution in [0.5, 0.6) is 0 Å². The second-order valence-electron chi connectivity index (χ2n) is 5.36. The van der Waals surface area contributed by atoms with E-state index in [-0.39, 0.29) is 5.91 Å². The first-order valence-electron chi connectivity index (χ1n) is 7.49. The Labute approximate surface area is 121 Å². The average molecular weight is 275 g/mol. The standard InChI is InChI=1S/C16H25N3O/c1-4-18(5-2)16(20)12-19-11-13(3)17-10-14-8-6-7-9-15(14)19/h6-9,13,17H,4-5,10-12H2,1-3H3. The number of likely N-dealkylation sites (N-methyl/N-ethyl adjacent to an activating group) is 1. The van der Waals surface area contributed by atoms with E-state index in [9.17, 15) is 4.79 Å². The summed E-state index contributed by atoms with van der Waals surface area (Å²) >= 11 is 0. The van der Waals surface area contributed by atoms with Gasteiger partial charge in [-0.2, -0.15) is 0 Å². The molecule has 1 aromatic rings. The molecule has 0 bridgehead atoms. The monoisotopic (exact) mass is 275 g/mol. The van der Waals surface area contributed by atoms with Crippen LogP contribution in [0.4, 0.5) is 5.69 Å². The maximum atomic E-state index is 12.4. The van der Waals surface area contributed by atoms with E-state index in [0.29, 0.717) is 12.6 Å². The lowest BCUT2D eigenvalue weighted by molar-refractivity contribution is -0.129. The van der Waals surface area contributed by atoms with Crippen LogP contribution in [0.1, 0.15) is 26.3 Å². The molecule has 1 aliphatic heterocycles. The van der Waals surface area contributed by atoms with Gasteiger partial charge >= 0.3 is 0 Å². The zero-order valence-electron chi connectivity index (χ0n) is 12.7. The molecule has 1 amide bonds. The van der Waals surface area contributed by atoms with E-state index in [4.69, 9.17) is 0 Å². The molecular formula is C16H25N3O. The Balaban J connectivity index is 2.18. The molecule has 2 rings (SSSR count). The first-order valence-corrected chi connectivity index (χ1v) is 7.49. The zero-order valence-corrected chi connectivity index (χ0v) is 12.7. The van der Waals surface area contributed by atoms with Crippen LogP contribution in [0.2, 0.25) is 0 Å². The van der Waals surface area contributed by atoms with Crippen molar-refractivity contribution in [3.05, 3.63) is 29.8 Å². The van der Waals surface area contributed by atoms with Crippen molar-refractivity contribution in [3.63, 3.8) is 0 Å². The van der Waals surface area contributed by atoms with Gasteiger partial charge in [0.05, 0.1) is 6.54 Å². The number of carbonyl (C=O) groups is 1. The number of anilines is 1. The molecule has 1 unspecified atom stereocenters. The predicted octanol–water partition coefficient (Wildman–Crippen LogP) is 1.85. The molecule has 1 aromatic carbocycles. The molecule has 1 aliphatic rings. The van der Waals surface area contributed by atoms with Crippen LogP contribution in [-0.4, -0.2) is 43.0 Å². The van der Waals surface area contributed by atoms with E-state index in [1.165, 1.54) is 11.3 Å². The molecule has 0 saturated carbocycles. The largest absolute Gasteiger partial charge is 0.360 e. The van der Waals surface area contributed by atoms with Crippen molar-refractivity contribution >= 4 is 11.6 Å². The van der Waals surface area contributed by atoms with Crippen LogP contribution < -0.4 is 10.2 Å². The SMILES string of the molecule is CCN(CC)C(=O)CN1CC(C)NCc2ccccc21. The minimum absolute atomic E-state index is 0.207. The van der Waals surface area contributed by atoms with E-state index in [1.807, 2.05) is 24.8 Å². The summed E-state index contributed by atoms with van der Waals surface area (Å²) in [6.45, 7) is 9.98. The Morgan fingerprint density at radius 2 is 2.05 bits per heavy atom. The predicted molar refractivity (Wildman–Crippen MR) is 82.9 cm³/mol. The van der Waals surface area contributed by atoms with E-state index in [2.05, 4.69) is 35.3 Å². The van der Waals surface area contributed by atoms with Gasteiger partial charge in [-0.05, 0) is 32.4 Å². The van der Waals surface area contributed by atoms with Gasteiger partial charge in [-0.15, -0.1) is 0 Å². The molecule has 110 valence electrons. The number of hydrogen-bond acceptors (Lipinski definition) is 3. The third-order valence-electron chi connectivity index (χ3n) is 3.91. The topological polar surface area (TPSA) is 35.6 Å². The first kappa shape index (κ1) is 14.9. The number of nitrogens with one attached hydrogen (secondary N) is 1. The summed E-state index contributed by atoms with van der Waals surface area (Å²) in [4.78, 5) is 16.5. The maximum Gasteiger partial charge on any atom is 0.242 e. The summed E-state index contributed by atoms with van der Waals surface area (Å²) in [6, 6.07) is 8.73. The zero-order chi connectivity index (χ0) is 14.5. The van der Waals surface area contributed by atoms with Crippen molar-refractivity contribution in [2.24, 2.45) is 0 Å². The molecule has 0 spiro atoms. The lowest BCUT2D eigenvalue weighted by atomic mass is 10.1. The molecule has 0 fully saturated rings. The van der Waals surface area contributed by atoms with Crippen LogP contribution in [0.15, 0.2) is 24.3 Å². The van der Waals surface area contributed by atoms with E-state index in [0.717, 1.165) is 26.2 Å². The van der Waals surface area contributed by atoms with Crippen LogP contribution in [0.3, 0.4) is 0 Å². The number of hydrogen-bond donors (Lipinski definition) is 1. The highest BCUT2D eigenvalue weighted by Crippen LogP contribution is 2.23. The first-order chi connectivity index (χ1) is 9.65. The maximum absolute atomic E-state index is 12.4. The Morgan fingerprint density at radius 3 is 2.75 bits per heavy atom. The van der Waals surface area contributed by atoms with Crippen molar-refractivity contribution in [1.82, 2.24) is 10.2 Å². The summed E-state index contributed by atoms with van der Waals surface area (Å²) < 4.78 is 0. The highest BCUT2D eigenvalue weighted by molar-refractivity contribution is 5.82. The summed E-state index contributed by atoms with van der Waals surface area (Å²) in [5, 5.41) is 3.49. The molecule has 4 heteroatoms. The summed E-state index contributed by atoms with van der Waals surface area (Å²) in [5.74, 6) is 0.207. The van der Waals surface area contributed by atoms with E-state index < -0.39 is 0 Å². The quantitative estimate of drug-likeness (QED) is 0.911. The minimum atomic E-state index is 0.207. The van der Waals surface area contributed by atoms with Gasteiger partial charge in [0.15, 0.2) is 0 Å². The normalized spacial score (nSPS) is 18.4. The van der Waals surface area contributed by atoms with Gasteiger partial charge in [-0.25, -0.2) is 0 Å². The van der Waals surface area contributed by atoms with Crippen LogP contribution in [0.25, 0.3) is 0 Å². The number of amides is 1. The average Bonchev–Trinajstić information content (AvgIpc) is 2.60. The third kappa shape index (κ3) is 3.31.